The van der Waals surface area contributed by atoms with Crippen LogP contribution in [0, 0.1) is 11.7 Å². The summed E-state index contributed by atoms with van der Waals surface area (Å²) >= 11 is 0. The molecule has 1 fully saturated rings. The summed E-state index contributed by atoms with van der Waals surface area (Å²) in [5, 5.41) is 8.02. The molecule has 0 radical (unpaired) electrons. The average molecular weight is 242 g/mol. The van der Waals surface area contributed by atoms with Crippen LogP contribution in [0.5, 0.6) is 0 Å². The number of carbonyl (C=O) groups is 1. The molecule has 2 unspecified atom stereocenters. The second-order valence-corrected chi connectivity index (χ2v) is 5.37. The molecule has 0 bridgehead atoms. The third kappa shape index (κ3) is 2.14. The topological polar surface area (TPSA) is 54.4 Å². The zero-order valence-electron chi connectivity index (χ0n) is 8.43. The van der Waals surface area contributed by atoms with Crippen LogP contribution in [0.4, 0.5) is 4.39 Å². The summed E-state index contributed by atoms with van der Waals surface area (Å²) in [6.45, 7) is 0. The van der Waals surface area contributed by atoms with Crippen molar-refractivity contribution in [2.75, 3.05) is 0 Å². The van der Waals surface area contributed by atoms with E-state index in [0.29, 0.717) is 0 Å². The molecule has 0 amide bonds. The minimum absolute atomic E-state index is 0.0122. The zero-order valence-corrected chi connectivity index (χ0v) is 9.24. The van der Waals surface area contributed by atoms with Gasteiger partial charge in [-0.2, -0.15) is 0 Å². The van der Waals surface area contributed by atoms with Crippen LogP contribution in [-0.2, 0) is 15.6 Å². The molecule has 1 aliphatic rings. The van der Waals surface area contributed by atoms with E-state index in [1.54, 1.807) is 6.07 Å². The molecule has 1 N–H and O–H groups in total. The van der Waals surface area contributed by atoms with Crippen molar-refractivity contribution in [3.05, 3.63) is 30.1 Å². The van der Waals surface area contributed by atoms with Crippen molar-refractivity contribution in [1.82, 2.24) is 0 Å². The van der Waals surface area contributed by atoms with E-state index in [-0.39, 0.29) is 10.8 Å². The minimum Gasteiger partial charge on any atom is -0.480 e. The summed E-state index contributed by atoms with van der Waals surface area (Å²) in [6.07, 6.45) is 1.52. The van der Waals surface area contributed by atoms with Crippen molar-refractivity contribution in [3.63, 3.8) is 0 Å². The Morgan fingerprint density at radius 2 is 2.06 bits per heavy atom. The fourth-order valence-electron chi connectivity index (χ4n) is 1.61. The second-order valence-electron chi connectivity index (χ2n) is 3.82. The predicted molar refractivity (Wildman–Crippen MR) is 57.0 cm³/mol. The van der Waals surface area contributed by atoms with Crippen molar-refractivity contribution in [3.8, 4) is 0 Å². The Morgan fingerprint density at radius 3 is 2.56 bits per heavy atom. The van der Waals surface area contributed by atoms with Crippen LogP contribution in [0.2, 0.25) is 0 Å². The Hall–Kier alpha value is -1.23. The molecule has 0 aromatic heterocycles. The number of benzene rings is 1. The highest BCUT2D eigenvalue weighted by Gasteiger charge is 2.41. The van der Waals surface area contributed by atoms with Gasteiger partial charge in [-0.05, 0) is 30.9 Å². The number of carboxylic acids is 1. The van der Waals surface area contributed by atoms with E-state index in [0.717, 1.165) is 12.8 Å². The van der Waals surface area contributed by atoms with Gasteiger partial charge < -0.3 is 5.11 Å². The van der Waals surface area contributed by atoms with Gasteiger partial charge in [0.25, 0.3) is 0 Å². The molecule has 1 saturated carbocycles. The fourth-order valence-corrected chi connectivity index (χ4v) is 3.16. The Kier molecular flexibility index (Phi) is 3.05. The van der Waals surface area contributed by atoms with E-state index in [1.165, 1.54) is 18.2 Å². The molecule has 1 aliphatic carbocycles. The molecule has 86 valence electrons. The predicted octanol–water partition coefficient (Wildman–Crippen LogP) is 1.80. The van der Waals surface area contributed by atoms with Gasteiger partial charge in [-0.3, -0.25) is 9.00 Å². The number of carboxylic acid groups (broad SMARTS) is 1. The maximum atomic E-state index is 13.4. The normalized spacial score (nSPS) is 19.1. The maximum Gasteiger partial charge on any atom is 0.319 e. The molecule has 0 aliphatic heterocycles. The molecular weight excluding hydrogens is 231 g/mol. The fraction of sp³-hybridized carbons (Fsp3) is 0.364. The summed E-state index contributed by atoms with van der Waals surface area (Å²) in [6, 6.07) is 5.62. The highest BCUT2D eigenvalue weighted by atomic mass is 32.2. The summed E-state index contributed by atoms with van der Waals surface area (Å²) in [5.74, 6) is -1.78. The van der Waals surface area contributed by atoms with E-state index < -0.39 is 27.8 Å². The third-order valence-corrected chi connectivity index (χ3v) is 4.39. The summed E-state index contributed by atoms with van der Waals surface area (Å²) < 4.78 is 25.3. The lowest BCUT2D eigenvalue weighted by Crippen LogP contribution is -2.28. The van der Waals surface area contributed by atoms with Crippen molar-refractivity contribution in [1.29, 1.82) is 0 Å². The number of hydrogen-bond donors (Lipinski definition) is 1. The Bertz CT molecular complexity index is 443. The first-order chi connectivity index (χ1) is 7.61. The first-order valence-electron chi connectivity index (χ1n) is 4.99. The van der Waals surface area contributed by atoms with Gasteiger partial charge in [-0.25, -0.2) is 4.39 Å². The van der Waals surface area contributed by atoms with E-state index in [9.17, 15) is 13.4 Å². The van der Waals surface area contributed by atoms with E-state index in [2.05, 4.69) is 0 Å². The van der Waals surface area contributed by atoms with Crippen LogP contribution in [0.1, 0.15) is 12.8 Å². The average Bonchev–Trinajstić information content (AvgIpc) is 3.02. The number of halogens is 1. The van der Waals surface area contributed by atoms with Gasteiger partial charge in [-0.1, -0.05) is 12.1 Å². The Morgan fingerprint density at radius 1 is 1.44 bits per heavy atom. The lowest BCUT2D eigenvalue weighted by Gasteiger charge is -2.11. The SMILES string of the molecule is O=C(O)C(C1CC1)S(=O)c1ccccc1F. The lowest BCUT2D eigenvalue weighted by atomic mass is 10.3. The van der Waals surface area contributed by atoms with Gasteiger partial charge in [0.05, 0.1) is 15.7 Å². The second kappa shape index (κ2) is 4.33. The van der Waals surface area contributed by atoms with Gasteiger partial charge >= 0.3 is 5.97 Å². The van der Waals surface area contributed by atoms with E-state index in [4.69, 9.17) is 5.11 Å². The quantitative estimate of drug-likeness (QED) is 0.875. The van der Waals surface area contributed by atoms with Gasteiger partial charge in [0.2, 0.25) is 0 Å². The van der Waals surface area contributed by atoms with E-state index >= 15 is 0 Å². The van der Waals surface area contributed by atoms with Crippen molar-refractivity contribution < 1.29 is 18.5 Å². The van der Waals surface area contributed by atoms with Gasteiger partial charge in [0.15, 0.2) is 0 Å². The summed E-state index contributed by atoms with van der Waals surface area (Å²) in [7, 11) is -1.81. The van der Waals surface area contributed by atoms with Crippen LogP contribution in [0.15, 0.2) is 29.2 Å². The van der Waals surface area contributed by atoms with Crippen molar-refractivity contribution in [2.24, 2.45) is 5.92 Å². The van der Waals surface area contributed by atoms with Crippen molar-refractivity contribution in [2.45, 2.75) is 23.0 Å². The summed E-state index contributed by atoms with van der Waals surface area (Å²) in [4.78, 5) is 11.0. The molecule has 1 aromatic rings. The van der Waals surface area contributed by atoms with Gasteiger partial charge in [0, 0.05) is 0 Å². The smallest absolute Gasteiger partial charge is 0.319 e. The molecule has 5 heteroatoms. The first-order valence-corrected chi connectivity index (χ1v) is 6.20. The highest BCUT2D eigenvalue weighted by Crippen LogP contribution is 2.37. The molecule has 2 atom stereocenters. The van der Waals surface area contributed by atoms with Crippen LogP contribution in [-0.4, -0.2) is 20.5 Å². The zero-order chi connectivity index (χ0) is 11.7. The lowest BCUT2D eigenvalue weighted by molar-refractivity contribution is -0.136. The molecular formula is C11H11FO3S. The van der Waals surface area contributed by atoms with Crippen molar-refractivity contribution >= 4 is 16.8 Å². The molecule has 0 saturated heterocycles. The molecule has 3 nitrogen and oxygen atoms in total. The Balaban J connectivity index is 2.30. The molecule has 2 rings (SSSR count). The van der Waals surface area contributed by atoms with Crippen LogP contribution < -0.4 is 0 Å². The molecule has 0 heterocycles. The molecule has 1 aromatic carbocycles. The molecule has 16 heavy (non-hydrogen) atoms. The third-order valence-electron chi connectivity index (χ3n) is 2.58. The monoisotopic (exact) mass is 242 g/mol. The largest absolute Gasteiger partial charge is 0.480 e. The van der Waals surface area contributed by atoms with Gasteiger partial charge in [-0.15, -0.1) is 0 Å². The summed E-state index contributed by atoms with van der Waals surface area (Å²) in [5.41, 5.74) is 0. The number of hydrogen-bond acceptors (Lipinski definition) is 2. The van der Waals surface area contributed by atoms with Crippen LogP contribution >= 0.6 is 0 Å². The first kappa shape index (κ1) is 11.3. The number of aliphatic carboxylic acids is 1. The minimum atomic E-state index is -1.81. The Labute approximate surface area is 94.7 Å². The van der Waals surface area contributed by atoms with Crippen LogP contribution in [0.3, 0.4) is 0 Å². The van der Waals surface area contributed by atoms with Gasteiger partial charge in [0.1, 0.15) is 11.1 Å². The maximum absolute atomic E-state index is 13.4. The van der Waals surface area contributed by atoms with E-state index in [1.807, 2.05) is 0 Å². The van der Waals surface area contributed by atoms with Crippen LogP contribution in [0.25, 0.3) is 0 Å². The molecule has 0 spiro atoms. The highest BCUT2D eigenvalue weighted by molar-refractivity contribution is 7.86. The standard InChI is InChI=1S/C11H11FO3S/c12-8-3-1-2-4-9(8)16(15)10(11(13)14)7-5-6-7/h1-4,7,10H,5-6H2,(H,13,14). The number of rotatable bonds is 4.